The summed E-state index contributed by atoms with van der Waals surface area (Å²) < 4.78 is 0. The number of nitrogens with zero attached hydrogens (tertiary/aromatic N) is 1. The first-order chi connectivity index (χ1) is 11.9. The molecule has 0 bridgehead atoms. The molecule has 0 aliphatic rings. The van der Waals surface area contributed by atoms with E-state index in [1.54, 1.807) is 0 Å². The summed E-state index contributed by atoms with van der Waals surface area (Å²) in [7, 11) is 0. The van der Waals surface area contributed by atoms with Crippen LogP contribution in [0, 0.1) is 11.8 Å². The van der Waals surface area contributed by atoms with Crippen molar-refractivity contribution in [1.82, 2.24) is 10.6 Å². The Hall–Kier alpha value is -1.31. The van der Waals surface area contributed by atoms with Crippen LogP contribution in [-0.4, -0.2) is 24.5 Å². The number of guanidine groups is 1. The van der Waals surface area contributed by atoms with Crippen LogP contribution in [0.1, 0.15) is 53.5 Å². The highest BCUT2D eigenvalue weighted by atomic mass is 127. The average molecular weight is 474 g/mol. The van der Waals surface area contributed by atoms with E-state index >= 15 is 0 Å². The van der Waals surface area contributed by atoms with E-state index in [-0.39, 0.29) is 35.8 Å². The number of benzene rings is 1. The molecule has 26 heavy (non-hydrogen) atoms. The van der Waals surface area contributed by atoms with E-state index in [0.29, 0.717) is 18.5 Å². The van der Waals surface area contributed by atoms with Gasteiger partial charge in [0.05, 0.1) is 6.54 Å². The molecule has 2 unspecified atom stereocenters. The number of halogens is 1. The second-order valence-corrected chi connectivity index (χ2v) is 6.87. The molecular weight excluding hydrogens is 439 g/mol. The van der Waals surface area contributed by atoms with Crippen molar-refractivity contribution in [2.24, 2.45) is 16.8 Å². The largest absolute Gasteiger partial charge is 0.357 e. The minimum Gasteiger partial charge on any atom is -0.357 e. The Kier molecular flexibility index (Phi) is 12.3. The lowest BCUT2D eigenvalue weighted by molar-refractivity contribution is -0.119. The Morgan fingerprint density at radius 2 is 1.85 bits per heavy atom. The van der Waals surface area contributed by atoms with Crippen LogP contribution in [0.25, 0.3) is 0 Å². The van der Waals surface area contributed by atoms with E-state index in [1.165, 1.54) is 0 Å². The lowest BCUT2D eigenvalue weighted by atomic mass is 10.1. The normalized spacial score (nSPS) is 13.6. The quantitative estimate of drug-likeness (QED) is 0.298. The van der Waals surface area contributed by atoms with Crippen molar-refractivity contribution in [3.05, 3.63) is 29.8 Å². The Labute approximate surface area is 175 Å². The van der Waals surface area contributed by atoms with Crippen LogP contribution >= 0.6 is 24.0 Å². The molecule has 148 valence electrons. The fraction of sp³-hybridized carbons (Fsp3) is 0.600. The fourth-order valence-electron chi connectivity index (χ4n) is 2.07. The average Bonchev–Trinajstić information content (AvgIpc) is 2.59. The first kappa shape index (κ1) is 24.7. The molecule has 3 N–H and O–H groups in total. The molecule has 1 aromatic rings. The Morgan fingerprint density at radius 1 is 1.15 bits per heavy atom. The van der Waals surface area contributed by atoms with E-state index < -0.39 is 0 Å². The summed E-state index contributed by atoms with van der Waals surface area (Å²) in [5.41, 5.74) is 1.89. The number of carbonyl (C=O) groups is 1. The van der Waals surface area contributed by atoms with Gasteiger partial charge in [-0.15, -0.1) is 24.0 Å². The van der Waals surface area contributed by atoms with Gasteiger partial charge in [0, 0.05) is 24.2 Å². The number of aliphatic imine (C=N–C) groups is 1. The van der Waals surface area contributed by atoms with Gasteiger partial charge in [-0.25, -0.2) is 4.99 Å². The van der Waals surface area contributed by atoms with Crippen molar-refractivity contribution in [1.29, 1.82) is 0 Å². The van der Waals surface area contributed by atoms with Crippen molar-refractivity contribution in [3.63, 3.8) is 0 Å². The van der Waals surface area contributed by atoms with E-state index in [2.05, 4.69) is 48.6 Å². The molecule has 0 radical (unpaired) electrons. The Bertz CT molecular complexity index is 575. The molecule has 0 saturated carbocycles. The summed E-state index contributed by atoms with van der Waals surface area (Å²) in [4.78, 5) is 16.7. The van der Waals surface area contributed by atoms with Crippen molar-refractivity contribution in [3.8, 4) is 0 Å². The molecule has 6 heteroatoms. The van der Waals surface area contributed by atoms with Crippen molar-refractivity contribution in [2.45, 2.75) is 60.5 Å². The molecule has 1 rings (SSSR count). The smallest absolute Gasteiger partial charge is 0.227 e. The second kappa shape index (κ2) is 12.9. The van der Waals surface area contributed by atoms with Crippen LogP contribution in [0.2, 0.25) is 0 Å². The van der Waals surface area contributed by atoms with Gasteiger partial charge in [-0.2, -0.15) is 0 Å². The summed E-state index contributed by atoms with van der Waals surface area (Å²) in [5.74, 6) is 1.42. The van der Waals surface area contributed by atoms with E-state index in [9.17, 15) is 4.79 Å². The molecule has 0 fully saturated rings. The van der Waals surface area contributed by atoms with Gasteiger partial charge in [-0.1, -0.05) is 39.8 Å². The molecule has 5 nitrogen and oxygen atoms in total. The van der Waals surface area contributed by atoms with Gasteiger partial charge in [0.25, 0.3) is 0 Å². The zero-order valence-electron chi connectivity index (χ0n) is 16.9. The van der Waals surface area contributed by atoms with Crippen LogP contribution < -0.4 is 16.0 Å². The highest BCUT2D eigenvalue weighted by molar-refractivity contribution is 14.0. The van der Waals surface area contributed by atoms with Crippen molar-refractivity contribution >= 4 is 41.5 Å². The van der Waals surface area contributed by atoms with Gasteiger partial charge in [-0.3, -0.25) is 4.79 Å². The fourth-order valence-corrected chi connectivity index (χ4v) is 2.07. The number of hydrogen-bond acceptors (Lipinski definition) is 2. The number of hydrogen-bond donors (Lipinski definition) is 3. The lowest BCUT2D eigenvalue weighted by Crippen LogP contribution is -2.44. The lowest BCUT2D eigenvalue weighted by Gasteiger charge is -2.20. The predicted molar refractivity (Wildman–Crippen MR) is 122 cm³/mol. The Morgan fingerprint density at radius 3 is 2.42 bits per heavy atom. The standard InChI is InChI=1S/C20H34N4O.HI/c1-7-15(5)19(25)24-18-11-9-10-17(12-18)13-22-20(21-8-2)23-16(6)14(3)4;/h9-12,14-16H,7-8,13H2,1-6H3,(H,24,25)(H2,21,22,23);1H. The van der Waals surface area contributed by atoms with Crippen LogP contribution in [0.4, 0.5) is 5.69 Å². The molecule has 0 aromatic heterocycles. The third kappa shape index (κ3) is 8.87. The molecule has 2 atom stereocenters. The van der Waals surface area contributed by atoms with Crippen LogP contribution in [0.15, 0.2) is 29.3 Å². The summed E-state index contributed by atoms with van der Waals surface area (Å²) in [6.07, 6.45) is 0.835. The first-order valence-corrected chi connectivity index (χ1v) is 9.31. The van der Waals surface area contributed by atoms with Crippen LogP contribution in [0.5, 0.6) is 0 Å². The maximum Gasteiger partial charge on any atom is 0.227 e. The van der Waals surface area contributed by atoms with Gasteiger partial charge in [0.1, 0.15) is 0 Å². The number of anilines is 1. The van der Waals surface area contributed by atoms with Crippen LogP contribution in [-0.2, 0) is 11.3 Å². The van der Waals surface area contributed by atoms with Crippen LogP contribution in [0.3, 0.4) is 0 Å². The maximum atomic E-state index is 12.0. The van der Waals surface area contributed by atoms with E-state index in [0.717, 1.165) is 30.2 Å². The van der Waals surface area contributed by atoms with Crippen molar-refractivity contribution in [2.75, 3.05) is 11.9 Å². The summed E-state index contributed by atoms with van der Waals surface area (Å²) in [5, 5.41) is 9.68. The molecule has 0 spiro atoms. The molecule has 0 aliphatic carbocycles. The number of rotatable bonds is 8. The van der Waals surface area contributed by atoms with Gasteiger partial charge < -0.3 is 16.0 Å². The minimum atomic E-state index is 0. The molecular formula is C20H35IN4O. The maximum absolute atomic E-state index is 12.0. The van der Waals surface area contributed by atoms with Gasteiger partial charge in [0.2, 0.25) is 5.91 Å². The first-order valence-electron chi connectivity index (χ1n) is 9.31. The number of nitrogens with one attached hydrogen (secondary N) is 3. The van der Waals surface area contributed by atoms with Crippen molar-refractivity contribution < 1.29 is 4.79 Å². The Balaban J connectivity index is 0.00000625. The zero-order valence-corrected chi connectivity index (χ0v) is 19.3. The molecule has 0 saturated heterocycles. The third-order valence-corrected chi connectivity index (χ3v) is 4.38. The van der Waals surface area contributed by atoms with E-state index in [4.69, 9.17) is 0 Å². The minimum absolute atomic E-state index is 0. The predicted octanol–water partition coefficient (Wildman–Crippen LogP) is 4.39. The number of carbonyl (C=O) groups excluding carboxylic acids is 1. The molecule has 1 aromatic carbocycles. The summed E-state index contributed by atoms with van der Waals surface area (Å²) >= 11 is 0. The highest BCUT2D eigenvalue weighted by Crippen LogP contribution is 2.14. The molecule has 0 aliphatic heterocycles. The SMILES string of the molecule is CCNC(=NCc1cccc(NC(=O)C(C)CC)c1)NC(C)C(C)C.I. The highest BCUT2D eigenvalue weighted by Gasteiger charge is 2.11. The van der Waals surface area contributed by atoms with E-state index in [1.807, 2.05) is 38.1 Å². The zero-order chi connectivity index (χ0) is 18.8. The van der Waals surface area contributed by atoms with Gasteiger partial charge in [0.15, 0.2) is 5.96 Å². The topological polar surface area (TPSA) is 65.5 Å². The van der Waals surface area contributed by atoms with Gasteiger partial charge in [-0.05, 0) is 43.9 Å². The molecule has 0 heterocycles. The second-order valence-electron chi connectivity index (χ2n) is 6.87. The summed E-state index contributed by atoms with van der Waals surface area (Å²) in [6.45, 7) is 13.9. The summed E-state index contributed by atoms with van der Waals surface area (Å²) in [6, 6.07) is 8.22. The number of amides is 1. The molecule has 1 amide bonds. The third-order valence-electron chi connectivity index (χ3n) is 4.38. The monoisotopic (exact) mass is 474 g/mol. The van der Waals surface area contributed by atoms with Gasteiger partial charge >= 0.3 is 0 Å².